The third-order valence-corrected chi connectivity index (χ3v) is 5.80. The molecule has 0 radical (unpaired) electrons. The van der Waals surface area contributed by atoms with Gasteiger partial charge in [-0.1, -0.05) is 24.5 Å². The van der Waals surface area contributed by atoms with Crippen LogP contribution in [0.25, 0.3) is 0 Å². The van der Waals surface area contributed by atoms with E-state index in [2.05, 4.69) is 10.3 Å². The topological polar surface area (TPSA) is 80.6 Å². The van der Waals surface area contributed by atoms with Crippen molar-refractivity contribution >= 4 is 11.8 Å². The molecular weight excluding hydrogens is 334 g/mol. The smallest absolute Gasteiger partial charge is 0.276 e. The van der Waals surface area contributed by atoms with E-state index in [1.807, 2.05) is 4.90 Å². The molecule has 1 aliphatic carbocycles. The van der Waals surface area contributed by atoms with Gasteiger partial charge in [-0.05, 0) is 18.8 Å². The van der Waals surface area contributed by atoms with Gasteiger partial charge in [0.05, 0.1) is 25.5 Å². The number of morpholine rings is 1. The zero-order chi connectivity index (χ0) is 17.9. The lowest BCUT2D eigenvalue weighted by molar-refractivity contribution is -0.138. The van der Waals surface area contributed by atoms with Gasteiger partial charge in [0, 0.05) is 32.6 Å². The molecule has 0 aromatic carbocycles. The van der Waals surface area contributed by atoms with Crippen LogP contribution in [0.15, 0.2) is 6.20 Å². The molecule has 3 aliphatic rings. The van der Waals surface area contributed by atoms with Gasteiger partial charge >= 0.3 is 0 Å². The lowest BCUT2D eigenvalue weighted by Crippen LogP contribution is -2.51. The summed E-state index contributed by atoms with van der Waals surface area (Å²) in [6, 6.07) is 0.129. The Labute approximate surface area is 153 Å². The normalized spacial score (nSPS) is 22.3. The van der Waals surface area contributed by atoms with E-state index in [1.54, 1.807) is 15.8 Å². The number of nitrogens with zero attached hydrogens (tertiary/aromatic N) is 5. The van der Waals surface area contributed by atoms with Crippen molar-refractivity contribution in [3.8, 4) is 0 Å². The summed E-state index contributed by atoms with van der Waals surface area (Å²) in [6.07, 6.45) is 8.63. The molecule has 0 spiro atoms. The number of carbonyl (C=O) groups excluding carboxylic acids is 2. The molecule has 0 bridgehead atoms. The summed E-state index contributed by atoms with van der Waals surface area (Å²) in [5.74, 6) is 0.737. The van der Waals surface area contributed by atoms with Crippen LogP contribution in [0.4, 0.5) is 0 Å². The maximum atomic E-state index is 12.4. The second kappa shape index (κ2) is 7.73. The molecule has 1 saturated carbocycles. The highest BCUT2D eigenvalue weighted by molar-refractivity contribution is 5.92. The molecule has 1 aromatic heterocycles. The minimum Gasteiger partial charge on any atom is -0.378 e. The predicted octanol–water partition coefficient (Wildman–Crippen LogP) is 1.10. The molecule has 0 unspecified atom stereocenters. The molecule has 3 fully saturated rings. The number of rotatable bonds is 4. The SMILES string of the molecule is O=C(CC1CCCCC1)N1CC(n2cc(C(=O)N3CCOCC3)nn2)C1. The molecule has 26 heavy (non-hydrogen) atoms. The fourth-order valence-electron chi connectivity index (χ4n) is 4.08. The number of likely N-dealkylation sites (tertiary alicyclic amines) is 1. The number of aromatic nitrogens is 3. The van der Waals surface area contributed by atoms with Gasteiger partial charge < -0.3 is 14.5 Å². The second-order valence-corrected chi connectivity index (χ2v) is 7.65. The predicted molar refractivity (Wildman–Crippen MR) is 93.6 cm³/mol. The Morgan fingerprint density at radius 1 is 1.08 bits per heavy atom. The average Bonchev–Trinajstić information content (AvgIpc) is 3.11. The molecule has 8 heteroatoms. The van der Waals surface area contributed by atoms with E-state index in [0.717, 1.165) is 0 Å². The highest BCUT2D eigenvalue weighted by Gasteiger charge is 2.34. The molecule has 3 heterocycles. The minimum atomic E-state index is -0.0934. The van der Waals surface area contributed by atoms with Crippen LogP contribution < -0.4 is 0 Å². The fraction of sp³-hybridized carbons (Fsp3) is 0.778. The van der Waals surface area contributed by atoms with E-state index >= 15 is 0 Å². The Hall–Kier alpha value is -1.96. The summed E-state index contributed by atoms with van der Waals surface area (Å²) in [7, 11) is 0. The van der Waals surface area contributed by atoms with E-state index in [0.29, 0.717) is 57.4 Å². The summed E-state index contributed by atoms with van der Waals surface area (Å²) in [5.41, 5.74) is 0.374. The number of hydrogen-bond acceptors (Lipinski definition) is 5. The van der Waals surface area contributed by atoms with Gasteiger partial charge in [-0.25, -0.2) is 4.68 Å². The van der Waals surface area contributed by atoms with E-state index in [9.17, 15) is 9.59 Å². The molecule has 2 aliphatic heterocycles. The van der Waals surface area contributed by atoms with Crippen molar-refractivity contribution in [3.05, 3.63) is 11.9 Å². The molecule has 0 N–H and O–H groups in total. The van der Waals surface area contributed by atoms with Gasteiger partial charge in [-0.2, -0.15) is 0 Å². The van der Waals surface area contributed by atoms with E-state index in [1.165, 1.54) is 32.1 Å². The molecule has 0 atom stereocenters. The summed E-state index contributed by atoms with van der Waals surface area (Å²) in [5, 5.41) is 8.15. The minimum absolute atomic E-state index is 0.0934. The lowest BCUT2D eigenvalue weighted by Gasteiger charge is -2.39. The van der Waals surface area contributed by atoms with Gasteiger partial charge in [-0.15, -0.1) is 5.10 Å². The summed E-state index contributed by atoms with van der Waals surface area (Å²) in [4.78, 5) is 28.5. The van der Waals surface area contributed by atoms with Gasteiger partial charge in [0.1, 0.15) is 0 Å². The first-order valence-corrected chi connectivity index (χ1v) is 9.77. The zero-order valence-corrected chi connectivity index (χ0v) is 15.2. The van der Waals surface area contributed by atoms with Gasteiger partial charge in [0.2, 0.25) is 5.91 Å². The number of hydrogen-bond donors (Lipinski definition) is 0. The van der Waals surface area contributed by atoms with Gasteiger partial charge in [0.25, 0.3) is 5.91 Å². The molecule has 2 amide bonds. The van der Waals surface area contributed by atoms with Crippen LogP contribution >= 0.6 is 0 Å². The van der Waals surface area contributed by atoms with E-state index in [-0.39, 0.29) is 17.9 Å². The number of carbonyl (C=O) groups is 2. The first-order valence-electron chi connectivity index (χ1n) is 9.77. The molecule has 142 valence electrons. The highest BCUT2D eigenvalue weighted by Crippen LogP contribution is 2.29. The maximum Gasteiger partial charge on any atom is 0.276 e. The largest absolute Gasteiger partial charge is 0.378 e. The third-order valence-electron chi connectivity index (χ3n) is 5.80. The summed E-state index contributed by atoms with van der Waals surface area (Å²) >= 11 is 0. The summed E-state index contributed by atoms with van der Waals surface area (Å²) in [6.45, 7) is 3.67. The van der Waals surface area contributed by atoms with Crippen LogP contribution in [0.3, 0.4) is 0 Å². The van der Waals surface area contributed by atoms with Crippen molar-refractivity contribution < 1.29 is 14.3 Å². The van der Waals surface area contributed by atoms with E-state index in [4.69, 9.17) is 4.74 Å². The maximum absolute atomic E-state index is 12.4. The number of ether oxygens (including phenoxy) is 1. The van der Waals surface area contributed by atoms with Crippen LogP contribution in [-0.2, 0) is 9.53 Å². The van der Waals surface area contributed by atoms with Crippen molar-refractivity contribution in [2.24, 2.45) is 5.92 Å². The number of amides is 2. The van der Waals surface area contributed by atoms with Crippen molar-refractivity contribution in [1.29, 1.82) is 0 Å². The van der Waals surface area contributed by atoms with Crippen LogP contribution in [0, 0.1) is 5.92 Å². The molecule has 1 aromatic rings. The second-order valence-electron chi connectivity index (χ2n) is 7.65. The standard InChI is InChI=1S/C18H27N5O3/c24-17(10-14-4-2-1-3-5-14)22-11-15(12-22)23-13-16(19-20-23)18(25)21-6-8-26-9-7-21/h13-15H,1-12H2. The Kier molecular flexibility index (Phi) is 5.19. The third kappa shape index (κ3) is 3.75. The van der Waals surface area contributed by atoms with Crippen molar-refractivity contribution in [2.45, 2.75) is 44.6 Å². The monoisotopic (exact) mass is 361 g/mol. The van der Waals surface area contributed by atoms with Crippen LogP contribution in [0.5, 0.6) is 0 Å². The fourth-order valence-corrected chi connectivity index (χ4v) is 4.08. The highest BCUT2D eigenvalue weighted by atomic mass is 16.5. The summed E-state index contributed by atoms with van der Waals surface area (Å²) < 4.78 is 7.01. The lowest BCUT2D eigenvalue weighted by atomic mass is 9.86. The van der Waals surface area contributed by atoms with Crippen molar-refractivity contribution in [2.75, 3.05) is 39.4 Å². The van der Waals surface area contributed by atoms with Crippen LogP contribution in [0.1, 0.15) is 55.1 Å². The Balaban J connectivity index is 1.27. The average molecular weight is 361 g/mol. The van der Waals surface area contributed by atoms with Crippen LogP contribution in [0.2, 0.25) is 0 Å². The van der Waals surface area contributed by atoms with Gasteiger partial charge in [-0.3, -0.25) is 9.59 Å². The Bertz CT molecular complexity index is 643. The first kappa shape index (κ1) is 17.5. The van der Waals surface area contributed by atoms with Crippen molar-refractivity contribution in [1.82, 2.24) is 24.8 Å². The molecule has 4 rings (SSSR count). The van der Waals surface area contributed by atoms with E-state index < -0.39 is 0 Å². The van der Waals surface area contributed by atoms with Crippen molar-refractivity contribution in [3.63, 3.8) is 0 Å². The Morgan fingerprint density at radius 3 is 2.54 bits per heavy atom. The van der Waals surface area contributed by atoms with Crippen LogP contribution in [-0.4, -0.2) is 76.0 Å². The first-order chi connectivity index (χ1) is 12.7. The molecule has 8 nitrogen and oxygen atoms in total. The zero-order valence-electron chi connectivity index (χ0n) is 15.2. The molecule has 2 saturated heterocycles. The Morgan fingerprint density at radius 2 is 1.81 bits per heavy atom. The van der Waals surface area contributed by atoms with Gasteiger partial charge in [0.15, 0.2) is 5.69 Å². The molecular formula is C18H27N5O3. The quantitative estimate of drug-likeness (QED) is 0.802.